The first kappa shape index (κ1) is 21.8. The molecule has 35 heavy (non-hydrogen) atoms. The molecule has 0 atom stereocenters. The maximum atomic E-state index is 13.0. The van der Waals surface area contributed by atoms with Crippen LogP contribution < -0.4 is 5.32 Å². The molecule has 0 radical (unpaired) electrons. The van der Waals surface area contributed by atoms with Gasteiger partial charge in [-0.15, -0.1) is 0 Å². The number of para-hydroxylation sites is 2. The second-order valence-corrected chi connectivity index (χ2v) is 7.71. The van der Waals surface area contributed by atoms with Crippen molar-refractivity contribution in [3.8, 4) is 11.5 Å². The predicted octanol–water partition coefficient (Wildman–Crippen LogP) is 5.14. The highest BCUT2D eigenvalue weighted by atomic mass is 16.5. The lowest BCUT2D eigenvalue weighted by atomic mass is 9.99. The number of carboxylic acids is 1. The molecule has 0 aliphatic rings. The summed E-state index contributed by atoms with van der Waals surface area (Å²) < 4.78 is 11.2. The van der Waals surface area contributed by atoms with Crippen LogP contribution in [0.4, 0.5) is 5.69 Å². The largest absolute Gasteiger partial charge is 0.478 e. The van der Waals surface area contributed by atoms with Gasteiger partial charge in [0.25, 0.3) is 5.91 Å². The molecule has 4 aromatic carbocycles. The molecule has 8 heteroatoms. The van der Waals surface area contributed by atoms with E-state index in [1.165, 1.54) is 18.2 Å². The lowest BCUT2D eigenvalue weighted by Gasteiger charge is -2.10. The van der Waals surface area contributed by atoms with E-state index in [4.69, 9.17) is 14.3 Å². The smallest absolute Gasteiger partial charge is 0.339 e. The Morgan fingerprint density at radius 3 is 2.49 bits per heavy atom. The minimum atomic E-state index is -1.11. The number of hydrogen-bond acceptors (Lipinski definition) is 6. The van der Waals surface area contributed by atoms with Crippen LogP contribution in [0.5, 0.6) is 0 Å². The lowest BCUT2D eigenvalue weighted by Crippen LogP contribution is -2.21. The van der Waals surface area contributed by atoms with Gasteiger partial charge in [0.05, 0.1) is 11.1 Å². The standard InChI is InChI=1S/C27H18N2O6/c30-23(28-18-9-3-8-17(14-18)26(31)32)15-34-27(33)20-11-5-7-16-6-4-10-19(24(16)20)25-29-21-12-1-2-13-22(21)35-25/h1-14H,15H2,(H,28,30)(H,31,32). The Hall–Kier alpha value is -4.98. The zero-order valence-corrected chi connectivity index (χ0v) is 18.2. The monoisotopic (exact) mass is 466 g/mol. The minimum absolute atomic E-state index is 0.0299. The number of aromatic nitrogens is 1. The molecule has 1 heterocycles. The number of fused-ring (bicyclic) bond motifs is 2. The molecule has 1 amide bonds. The van der Waals surface area contributed by atoms with E-state index in [-0.39, 0.29) is 16.8 Å². The van der Waals surface area contributed by atoms with Gasteiger partial charge in [-0.2, -0.15) is 0 Å². The molecular formula is C27H18N2O6. The van der Waals surface area contributed by atoms with Crippen molar-refractivity contribution < 1.29 is 28.6 Å². The van der Waals surface area contributed by atoms with Gasteiger partial charge < -0.3 is 19.6 Å². The van der Waals surface area contributed by atoms with Crippen LogP contribution in [-0.4, -0.2) is 34.5 Å². The molecule has 0 saturated heterocycles. The number of carboxylic acid groups (broad SMARTS) is 1. The van der Waals surface area contributed by atoms with E-state index >= 15 is 0 Å². The number of oxazole rings is 1. The number of nitrogens with zero attached hydrogens (tertiary/aromatic N) is 1. The molecular weight excluding hydrogens is 448 g/mol. The van der Waals surface area contributed by atoms with Gasteiger partial charge in [0.2, 0.25) is 5.89 Å². The number of nitrogens with one attached hydrogen (secondary N) is 1. The van der Waals surface area contributed by atoms with E-state index in [2.05, 4.69) is 10.3 Å². The SMILES string of the molecule is O=C(COC(=O)c1cccc2cccc(-c3nc4ccccc4o3)c12)Nc1cccc(C(=O)O)c1. The van der Waals surface area contributed by atoms with Crippen LogP contribution in [0.3, 0.4) is 0 Å². The van der Waals surface area contributed by atoms with Gasteiger partial charge in [-0.05, 0) is 47.9 Å². The maximum absolute atomic E-state index is 13.0. The zero-order valence-electron chi connectivity index (χ0n) is 18.2. The molecule has 0 aliphatic heterocycles. The van der Waals surface area contributed by atoms with Crippen LogP contribution in [0.25, 0.3) is 33.3 Å². The Kier molecular flexibility index (Phi) is 5.68. The van der Waals surface area contributed by atoms with Gasteiger partial charge in [-0.1, -0.05) is 42.5 Å². The number of amides is 1. The van der Waals surface area contributed by atoms with Gasteiger partial charge in [-0.3, -0.25) is 4.79 Å². The maximum Gasteiger partial charge on any atom is 0.339 e. The molecule has 172 valence electrons. The molecule has 5 aromatic rings. The van der Waals surface area contributed by atoms with Crippen LogP contribution in [0.15, 0.2) is 89.3 Å². The Morgan fingerprint density at radius 2 is 1.69 bits per heavy atom. The van der Waals surface area contributed by atoms with Crippen LogP contribution in [-0.2, 0) is 9.53 Å². The highest BCUT2D eigenvalue weighted by Gasteiger charge is 2.19. The first-order valence-electron chi connectivity index (χ1n) is 10.7. The highest BCUT2D eigenvalue weighted by Crippen LogP contribution is 2.33. The number of esters is 1. The van der Waals surface area contributed by atoms with Crippen LogP contribution >= 0.6 is 0 Å². The predicted molar refractivity (Wildman–Crippen MR) is 129 cm³/mol. The molecule has 0 aliphatic carbocycles. The summed E-state index contributed by atoms with van der Waals surface area (Å²) in [4.78, 5) is 41.0. The molecule has 0 bridgehead atoms. The molecule has 8 nitrogen and oxygen atoms in total. The second-order valence-electron chi connectivity index (χ2n) is 7.71. The summed E-state index contributed by atoms with van der Waals surface area (Å²) in [6.07, 6.45) is 0. The molecule has 0 fully saturated rings. The molecule has 0 unspecified atom stereocenters. The average Bonchev–Trinajstić information content (AvgIpc) is 3.31. The molecule has 0 spiro atoms. The van der Waals surface area contributed by atoms with Crippen molar-refractivity contribution >= 4 is 45.4 Å². The van der Waals surface area contributed by atoms with Crippen molar-refractivity contribution in [3.63, 3.8) is 0 Å². The Balaban J connectivity index is 1.39. The number of ether oxygens (including phenoxy) is 1. The van der Waals surface area contributed by atoms with Crippen LogP contribution in [0.2, 0.25) is 0 Å². The van der Waals surface area contributed by atoms with E-state index < -0.39 is 24.5 Å². The number of hydrogen-bond donors (Lipinski definition) is 2. The molecule has 5 rings (SSSR count). The number of rotatable bonds is 6. The summed E-state index contributed by atoms with van der Waals surface area (Å²) in [7, 11) is 0. The summed E-state index contributed by atoms with van der Waals surface area (Å²) in [6.45, 7) is -0.544. The summed E-state index contributed by atoms with van der Waals surface area (Å²) in [6, 6.07) is 23.9. The third-order valence-corrected chi connectivity index (χ3v) is 5.38. The van der Waals surface area contributed by atoms with Gasteiger partial charge >= 0.3 is 11.9 Å². The zero-order chi connectivity index (χ0) is 24.4. The topological polar surface area (TPSA) is 119 Å². The van der Waals surface area contributed by atoms with Gasteiger partial charge in [0, 0.05) is 16.6 Å². The van der Waals surface area contributed by atoms with E-state index in [1.54, 1.807) is 18.2 Å². The van der Waals surface area contributed by atoms with Crippen LogP contribution in [0.1, 0.15) is 20.7 Å². The molecule has 2 N–H and O–H groups in total. The quantitative estimate of drug-likeness (QED) is 0.333. The lowest BCUT2D eigenvalue weighted by molar-refractivity contribution is -0.119. The minimum Gasteiger partial charge on any atom is -0.478 e. The van der Waals surface area contributed by atoms with Crippen molar-refractivity contribution in [1.82, 2.24) is 4.98 Å². The fraction of sp³-hybridized carbons (Fsp3) is 0.0370. The number of anilines is 1. The summed E-state index contributed by atoms with van der Waals surface area (Å²) >= 11 is 0. The van der Waals surface area contributed by atoms with Crippen molar-refractivity contribution in [1.29, 1.82) is 0 Å². The fourth-order valence-corrected chi connectivity index (χ4v) is 3.81. The van der Waals surface area contributed by atoms with Gasteiger partial charge in [-0.25, -0.2) is 14.6 Å². The third-order valence-electron chi connectivity index (χ3n) is 5.38. The Bertz CT molecular complexity index is 1570. The van der Waals surface area contributed by atoms with Crippen LogP contribution in [0, 0.1) is 0 Å². The summed E-state index contributed by atoms with van der Waals surface area (Å²) in [5.74, 6) is -2.03. The Morgan fingerprint density at radius 1 is 0.914 bits per heavy atom. The van der Waals surface area contributed by atoms with Gasteiger partial charge in [0.1, 0.15) is 5.52 Å². The summed E-state index contributed by atoms with van der Waals surface area (Å²) in [5.41, 5.74) is 2.53. The number of benzene rings is 4. The van der Waals surface area contributed by atoms with Crippen molar-refractivity contribution in [2.45, 2.75) is 0 Å². The van der Waals surface area contributed by atoms with Crippen molar-refractivity contribution in [3.05, 3.63) is 96.1 Å². The van der Waals surface area contributed by atoms with E-state index in [0.717, 1.165) is 5.39 Å². The Labute approximate surface area is 198 Å². The first-order chi connectivity index (χ1) is 17.0. The van der Waals surface area contributed by atoms with Gasteiger partial charge in [0.15, 0.2) is 12.2 Å². The molecule has 1 aromatic heterocycles. The van der Waals surface area contributed by atoms with Crippen molar-refractivity contribution in [2.24, 2.45) is 0 Å². The first-order valence-corrected chi connectivity index (χ1v) is 10.7. The normalized spacial score (nSPS) is 10.9. The number of aromatic carboxylic acids is 1. The molecule has 0 saturated carbocycles. The van der Waals surface area contributed by atoms with E-state index in [0.29, 0.717) is 27.9 Å². The fourth-order valence-electron chi connectivity index (χ4n) is 3.81. The number of carbonyl (C=O) groups excluding carboxylic acids is 2. The average molecular weight is 466 g/mol. The highest BCUT2D eigenvalue weighted by molar-refractivity contribution is 6.10. The summed E-state index contributed by atoms with van der Waals surface area (Å²) in [5, 5.41) is 13.0. The second kappa shape index (κ2) is 9.11. The van der Waals surface area contributed by atoms with E-state index in [1.807, 2.05) is 48.5 Å². The van der Waals surface area contributed by atoms with E-state index in [9.17, 15) is 14.4 Å². The number of carbonyl (C=O) groups is 3. The third kappa shape index (κ3) is 4.45. The van der Waals surface area contributed by atoms with Crippen molar-refractivity contribution in [2.75, 3.05) is 11.9 Å².